The number of carbonyl (C=O) groups excluding carboxylic acids is 1. The molecule has 1 heterocycles. The Kier molecular flexibility index (Phi) is 4.64. The van der Waals surface area contributed by atoms with Crippen LogP contribution in [0.25, 0.3) is 0 Å². The van der Waals surface area contributed by atoms with Gasteiger partial charge in [-0.1, -0.05) is 11.6 Å². The number of amides is 1. The van der Waals surface area contributed by atoms with E-state index in [1.165, 1.54) is 12.3 Å². The summed E-state index contributed by atoms with van der Waals surface area (Å²) < 4.78 is 35.2. The first-order valence-corrected chi connectivity index (χ1v) is 4.80. The van der Waals surface area contributed by atoms with Gasteiger partial charge in [-0.3, -0.25) is 10.1 Å². The molecule has 0 aliphatic rings. The molecule has 1 amide bonds. The van der Waals surface area contributed by atoms with Crippen molar-refractivity contribution in [2.45, 2.75) is 6.18 Å². The number of rotatable bonds is 4. The molecule has 94 valence electrons. The maximum Gasteiger partial charge on any atom is 0.401 e. The zero-order valence-electron chi connectivity index (χ0n) is 8.38. The van der Waals surface area contributed by atoms with Gasteiger partial charge in [-0.05, 0) is 6.07 Å². The molecule has 0 saturated carbocycles. The van der Waals surface area contributed by atoms with Crippen molar-refractivity contribution in [2.24, 2.45) is 0 Å². The summed E-state index contributed by atoms with van der Waals surface area (Å²) in [5, 5.41) is 4.25. The van der Waals surface area contributed by atoms with E-state index < -0.39 is 25.2 Å². The lowest BCUT2D eigenvalue weighted by Gasteiger charge is -2.07. The molecule has 1 aromatic heterocycles. The Morgan fingerprint density at radius 3 is 2.76 bits per heavy atom. The number of carbonyl (C=O) groups is 1. The molecule has 5 nitrogen and oxygen atoms in total. The first kappa shape index (κ1) is 13.7. The third kappa shape index (κ3) is 6.03. The molecule has 0 aliphatic carbocycles. The van der Waals surface area contributed by atoms with Crippen LogP contribution in [0.2, 0.25) is 5.15 Å². The number of nitrogens with zero attached hydrogens (tertiary/aromatic N) is 2. The minimum atomic E-state index is -4.35. The van der Waals surface area contributed by atoms with Gasteiger partial charge in [-0.2, -0.15) is 13.2 Å². The van der Waals surface area contributed by atoms with Crippen LogP contribution in [0, 0.1) is 0 Å². The van der Waals surface area contributed by atoms with E-state index in [0.29, 0.717) is 0 Å². The van der Waals surface area contributed by atoms with Gasteiger partial charge >= 0.3 is 6.18 Å². The number of hydrogen-bond donors (Lipinski definition) is 2. The van der Waals surface area contributed by atoms with Gasteiger partial charge in [0.25, 0.3) is 0 Å². The Morgan fingerprint density at radius 2 is 2.18 bits per heavy atom. The third-order valence-electron chi connectivity index (χ3n) is 1.48. The molecule has 0 fully saturated rings. The largest absolute Gasteiger partial charge is 0.401 e. The van der Waals surface area contributed by atoms with Gasteiger partial charge < -0.3 is 5.32 Å². The number of alkyl halides is 3. The van der Waals surface area contributed by atoms with Crippen LogP contribution in [-0.4, -0.2) is 35.1 Å². The monoisotopic (exact) mass is 268 g/mol. The molecule has 0 radical (unpaired) electrons. The topological polar surface area (TPSA) is 66.9 Å². The first-order chi connectivity index (χ1) is 7.87. The summed E-state index contributed by atoms with van der Waals surface area (Å²) >= 11 is 5.53. The van der Waals surface area contributed by atoms with E-state index in [-0.39, 0.29) is 11.1 Å². The standard InChI is InChI=1S/C8H8ClF3N4O/c9-5-1-2-14-7(15-5)16-6(17)3-13-4-8(10,11)12/h1-2,13H,3-4H2,(H,14,15,16,17). The summed E-state index contributed by atoms with van der Waals surface area (Å²) in [6, 6.07) is 1.40. The Bertz CT molecular complexity index is 399. The van der Waals surface area contributed by atoms with Gasteiger partial charge in [-0.15, -0.1) is 0 Å². The highest BCUT2D eigenvalue weighted by atomic mass is 35.5. The minimum absolute atomic E-state index is 0.0590. The van der Waals surface area contributed by atoms with Crippen molar-refractivity contribution < 1.29 is 18.0 Å². The van der Waals surface area contributed by atoms with Crippen LogP contribution in [0.1, 0.15) is 0 Å². The van der Waals surface area contributed by atoms with Crippen molar-refractivity contribution in [2.75, 3.05) is 18.4 Å². The smallest absolute Gasteiger partial charge is 0.300 e. The average Bonchev–Trinajstić information content (AvgIpc) is 2.15. The molecule has 0 spiro atoms. The molecule has 0 aliphatic heterocycles. The molecule has 2 N–H and O–H groups in total. The molecular formula is C8H8ClF3N4O. The molecule has 1 rings (SSSR count). The van der Waals surface area contributed by atoms with Gasteiger partial charge in [0.1, 0.15) is 5.15 Å². The van der Waals surface area contributed by atoms with Crippen molar-refractivity contribution in [1.29, 1.82) is 0 Å². The van der Waals surface area contributed by atoms with Crippen molar-refractivity contribution in [3.63, 3.8) is 0 Å². The highest BCUT2D eigenvalue weighted by molar-refractivity contribution is 6.29. The average molecular weight is 269 g/mol. The second kappa shape index (κ2) is 5.78. The molecule has 1 aromatic rings. The predicted molar refractivity (Wildman–Crippen MR) is 54.6 cm³/mol. The van der Waals surface area contributed by atoms with E-state index in [1.54, 1.807) is 0 Å². The number of nitrogens with one attached hydrogen (secondary N) is 2. The summed E-state index contributed by atoms with van der Waals surface area (Å²) in [5.41, 5.74) is 0. The lowest BCUT2D eigenvalue weighted by Crippen LogP contribution is -2.35. The number of hydrogen-bond acceptors (Lipinski definition) is 4. The van der Waals surface area contributed by atoms with Gasteiger partial charge in [0.15, 0.2) is 0 Å². The molecule has 0 unspecified atom stereocenters. The molecular weight excluding hydrogens is 261 g/mol. The van der Waals surface area contributed by atoms with E-state index in [0.717, 1.165) is 0 Å². The Morgan fingerprint density at radius 1 is 1.47 bits per heavy atom. The quantitative estimate of drug-likeness (QED) is 0.806. The minimum Gasteiger partial charge on any atom is -0.300 e. The summed E-state index contributed by atoms with van der Waals surface area (Å²) in [6.07, 6.45) is -3.04. The fraction of sp³-hybridized carbons (Fsp3) is 0.375. The molecule has 9 heteroatoms. The lowest BCUT2D eigenvalue weighted by molar-refractivity contribution is -0.126. The van der Waals surface area contributed by atoms with Crippen LogP contribution < -0.4 is 10.6 Å². The van der Waals surface area contributed by atoms with Crippen molar-refractivity contribution in [3.8, 4) is 0 Å². The maximum absolute atomic E-state index is 11.7. The second-order valence-corrected chi connectivity index (χ2v) is 3.36. The highest BCUT2D eigenvalue weighted by Crippen LogP contribution is 2.11. The zero-order chi connectivity index (χ0) is 12.9. The fourth-order valence-corrected chi connectivity index (χ4v) is 1.02. The SMILES string of the molecule is O=C(CNCC(F)(F)F)Nc1nccc(Cl)n1. The van der Waals surface area contributed by atoms with Crippen LogP contribution >= 0.6 is 11.6 Å². The summed E-state index contributed by atoms with van der Waals surface area (Å²) in [5.74, 6) is -0.743. The summed E-state index contributed by atoms with van der Waals surface area (Å²) in [7, 11) is 0. The van der Waals surface area contributed by atoms with Gasteiger partial charge in [0.2, 0.25) is 11.9 Å². The Balaban J connectivity index is 2.35. The van der Waals surface area contributed by atoms with Crippen LogP contribution in [-0.2, 0) is 4.79 Å². The summed E-state index contributed by atoms with van der Waals surface area (Å²) in [4.78, 5) is 18.4. The van der Waals surface area contributed by atoms with Crippen molar-refractivity contribution in [3.05, 3.63) is 17.4 Å². The molecule has 0 bridgehead atoms. The number of halogens is 4. The zero-order valence-corrected chi connectivity index (χ0v) is 9.14. The van der Waals surface area contributed by atoms with Crippen LogP contribution in [0.15, 0.2) is 12.3 Å². The van der Waals surface area contributed by atoms with E-state index in [4.69, 9.17) is 11.6 Å². The Labute approximate surface area is 99.4 Å². The van der Waals surface area contributed by atoms with Crippen LogP contribution in [0.5, 0.6) is 0 Å². The van der Waals surface area contributed by atoms with E-state index in [1.807, 2.05) is 5.32 Å². The number of aromatic nitrogens is 2. The molecule has 17 heavy (non-hydrogen) atoms. The van der Waals surface area contributed by atoms with Crippen molar-refractivity contribution in [1.82, 2.24) is 15.3 Å². The summed E-state index contributed by atoms with van der Waals surface area (Å²) in [6.45, 7) is -1.73. The maximum atomic E-state index is 11.7. The third-order valence-corrected chi connectivity index (χ3v) is 1.69. The van der Waals surface area contributed by atoms with Crippen molar-refractivity contribution >= 4 is 23.5 Å². The van der Waals surface area contributed by atoms with Crippen LogP contribution in [0.3, 0.4) is 0 Å². The van der Waals surface area contributed by atoms with E-state index in [9.17, 15) is 18.0 Å². The fourth-order valence-electron chi connectivity index (χ4n) is 0.884. The lowest BCUT2D eigenvalue weighted by atomic mass is 10.5. The molecule has 0 saturated heterocycles. The van der Waals surface area contributed by atoms with Gasteiger partial charge in [-0.25, -0.2) is 9.97 Å². The molecule has 0 atom stereocenters. The van der Waals surface area contributed by atoms with E-state index >= 15 is 0 Å². The second-order valence-electron chi connectivity index (χ2n) is 2.97. The Hall–Kier alpha value is -1.41. The number of anilines is 1. The predicted octanol–water partition coefficient (Wildman–Crippen LogP) is 1.22. The normalized spacial score (nSPS) is 11.3. The molecule has 0 aromatic carbocycles. The van der Waals surface area contributed by atoms with E-state index in [2.05, 4.69) is 15.3 Å². The van der Waals surface area contributed by atoms with Gasteiger partial charge in [0, 0.05) is 6.20 Å². The highest BCUT2D eigenvalue weighted by Gasteiger charge is 2.26. The first-order valence-electron chi connectivity index (χ1n) is 4.43. The van der Waals surface area contributed by atoms with Gasteiger partial charge in [0.05, 0.1) is 13.1 Å². The van der Waals surface area contributed by atoms with Crippen LogP contribution in [0.4, 0.5) is 19.1 Å².